The molecule has 2 aromatic carbocycles. The SMILES string of the molecule is CNCCCN(C)C(=O)Oc1ccc(C(C)[N+](C)(C)CCc2ccccc2)cc1. The third-order valence-corrected chi connectivity index (χ3v) is 5.67. The van der Waals surface area contributed by atoms with Gasteiger partial charge >= 0.3 is 6.09 Å². The van der Waals surface area contributed by atoms with Crippen LogP contribution in [0.15, 0.2) is 54.6 Å². The van der Waals surface area contributed by atoms with E-state index in [1.54, 1.807) is 11.9 Å². The van der Waals surface area contributed by atoms with Gasteiger partial charge in [-0.15, -0.1) is 0 Å². The van der Waals surface area contributed by atoms with Gasteiger partial charge in [-0.3, -0.25) is 0 Å². The largest absolute Gasteiger partial charge is 0.414 e. The normalized spacial score (nSPS) is 12.4. The summed E-state index contributed by atoms with van der Waals surface area (Å²) in [6.45, 7) is 4.85. The maximum atomic E-state index is 12.2. The van der Waals surface area contributed by atoms with E-state index in [1.165, 1.54) is 11.1 Å². The number of nitrogens with one attached hydrogen (secondary N) is 1. The van der Waals surface area contributed by atoms with Crippen LogP contribution in [0.1, 0.15) is 30.5 Å². The van der Waals surface area contributed by atoms with Crippen LogP contribution in [0.3, 0.4) is 0 Å². The maximum absolute atomic E-state index is 12.2. The van der Waals surface area contributed by atoms with Crippen LogP contribution in [-0.4, -0.2) is 63.3 Å². The van der Waals surface area contributed by atoms with Gasteiger partial charge in [0.15, 0.2) is 0 Å². The molecule has 0 aromatic heterocycles. The number of ether oxygens (including phenoxy) is 1. The van der Waals surface area contributed by atoms with Gasteiger partial charge < -0.3 is 19.4 Å². The standard InChI is InChI=1S/C24H36N3O2/c1-20(27(4,5)19-16-21-10-7-6-8-11-21)22-12-14-23(15-13-22)29-24(28)26(3)18-9-17-25-2/h6-8,10-15,20,25H,9,16-19H2,1-5H3/q+1. The highest BCUT2D eigenvalue weighted by Gasteiger charge is 2.25. The number of benzene rings is 2. The molecule has 0 bridgehead atoms. The zero-order chi connectivity index (χ0) is 21.3. The van der Waals surface area contributed by atoms with Crippen molar-refractivity contribution < 1.29 is 14.0 Å². The van der Waals surface area contributed by atoms with Crippen molar-refractivity contribution in [3.8, 4) is 5.75 Å². The number of carbonyl (C=O) groups is 1. The van der Waals surface area contributed by atoms with E-state index in [9.17, 15) is 4.79 Å². The number of amides is 1. The first kappa shape index (κ1) is 22.9. The van der Waals surface area contributed by atoms with E-state index in [4.69, 9.17) is 4.74 Å². The first-order chi connectivity index (χ1) is 13.8. The smallest absolute Gasteiger partial charge is 0.410 e. The first-order valence-corrected chi connectivity index (χ1v) is 10.4. The molecule has 0 heterocycles. The highest BCUT2D eigenvalue weighted by molar-refractivity contribution is 5.70. The Morgan fingerprint density at radius 3 is 2.38 bits per heavy atom. The molecular weight excluding hydrogens is 362 g/mol. The van der Waals surface area contributed by atoms with Gasteiger partial charge in [-0.1, -0.05) is 30.3 Å². The molecular formula is C24H36N3O2+. The Labute approximate surface area is 175 Å². The third-order valence-electron chi connectivity index (χ3n) is 5.67. The summed E-state index contributed by atoms with van der Waals surface area (Å²) in [5, 5.41) is 3.08. The molecule has 1 N–H and O–H groups in total. The second-order valence-electron chi connectivity index (χ2n) is 8.23. The number of likely N-dealkylation sites (N-methyl/N-ethyl adjacent to an activating group) is 1. The van der Waals surface area contributed by atoms with Gasteiger partial charge in [0.25, 0.3) is 0 Å². The Kier molecular flexibility index (Phi) is 8.68. The Bertz CT molecular complexity index is 744. The predicted molar refractivity (Wildman–Crippen MR) is 119 cm³/mol. The second-order valence-corrected chi connectivity index (χ2v) is 8.23. The van der Waals surface area contributed by atoms with Gasteiger partial charge in [0, 0.05) is 25.6 Å². The monoisotopic (exact) mass is 398 g/mol. The molecule has 2 rings (SSSR count). The Morgan fingerprint density at radius 2 is 1.76 bits per heavy atom. The van der Waals surface area contributed by atoms with Crippen molar-refractivity contribution >= 4 is 6.09 Å². The molecule has 158 valence electrons. The zero-order valence-electron chi connectivity index (χ0n) is 18.5. The van der Waals surface area contributed by atoms with E-state index in [1.807, 2.05) is 19.2 Å². The van der Waals surface area contributed by atoms with Crippen LogP contribution in [0.25, 0.3) is 0 Å². The molecule has 29 heavy (non-hydrogen) atoms. The molecule has 0 fully saturated rings. The number of quaternary nitrogens is 1. The lowest BCUT2D eigenvalue weighted by Crippen LogP contribution is -2.43. The molecule has 5 nitrogen and oxygen atoms in total. The molecule has 1 atom stereocenters. The summed E-state index contributed by atoms with van der Waals surface area (Å²) < 4.78 is 6.39. The van der Waals surface area contributed by atoms with Crippen LogP contribution in [0.2, 0.25) is 0 Å². The van der Waals surface area contributed by atoms with Crippen LogP contribution in [0.4, 0.5) is 4.79 Å². The number of hydrogen-bond acceptors (Lipinski definition) is 3. The Hall–Kier alpha value is -2.37. The summed E-state index contributed by atoms with van der Waals surface area (Å²) in [5.41, 5.74) is 2.61. The Balaban J connectivity index is 1.91. The van der Waals surface area contributed by atoms with Gasteiger partial charge in [0.2, 0.25) is 0 Å². The topological polar surface area (TPSA) is 41.6 Å². The number of nitrogens with zero attached hydrogens (tertiary/aromatic N) is 2. The lowest BCUT2D eigenvalue weighted by molar-refractivity contribution is -0.919. The van der Waals surface area contributed by atoms with E-state index >= 15 is 0 Å². The fourth-order valence-electron chi connectivity index (χ4n) is 3.24. The summed E-state index contributed by atoms with van der Waals surface area (Å²) >= 11 is 0. The molecule has 0 spiro atoms. The van der Waals surface area contributed by atoms with Crippen molar-refractivity contribution in [1.29, 1.82) is 0 Å². The van der Waals surface area contributed by atoms with Crippen molar-refractivity contribution in [3.63, 3.8) is 0 Å². The maximum Gasteiger partial charge on any atom is 0.414 e. The van der Waals surface area contributed by atoms with Crippen LogP contribution in [-0.2, 0) is 6.42 Å². The fraction of sp³-hybridized carbons (Fsp3) is 0.458. The minimum Gasteiger partial charge on any atom is -0.410 e. The minimum absolute atomic E-state index is 0.319. The van der Waals surface area contributed by atoms with E-state index in [-0.39, 0.29) is 6.09 Å². The average Bonchev–Trinajstić information content (AvgIpc) is 2.73. The molecule has 0 radical (unpaired) electrons. The third kappa shape index (κ3) is 7.18. The van der Waals surface area contributed by atoms with E-state index in [2.05, 4.69) is 68.8 Å². The van der Waals surface area contributed by atoms with Crippen molar-refractivity contribution in [2.24, 2.45) is 0 Å². The van der Waals surface area contributed by atoms with Gasteiger partial charge in [0.1, 0.15) is 11.8 Å². The zero-order valence-corrected chi connectivity index (χ0v) is 18.5. The molecule has 0 saturated heterocycles. The summed E-state index contributed by atoms with van der Waals surface area (Å²) in [4.78, 5) is 13.8. The minimum atomic E-state index is -0.319. The van der Waals surface area contributed by atoms with Crippen LogP contribution < -0.4 is 10.1 Å². The number of carbonyl (C=O) groups excluding carboxylic acids is 1. The summed E-state index contributed by atoms with van der Waals surface area (Å²) in [5.74, 6) is 0.584. The van der Waals surface area contributed by atoms with Gasteiger partial charge in [-0.2, -0.15) is 0 Å². The number of hydrogen-bond donors (Lipinski definition) is 1. The van der Waals surface area contributed by atoms with Gasteiger partial charge in [-0.05, 0) is 56.8 Å². The van der Waals surface area contributed by atoms with Crippen molar-refractivity contribution in [1.82, 2.24) is 10.2 Å². The first-order valence-electron chi connectivity index (χ1n) is 10.4. The molecule has 0 aliphatic carbocycles. The van der Waals surface area contributed by atoms with E-state index in [0.29, 0.717) is 18.3 Å². The van der Waals surface area contributed by atoms with Crippen LogP contribution in [0.5, 0.6) is 5.75 Å². The molecule has 0 aliphatic heterocycles. The molecule has 1 amide bonds. The predicted octanol–water partition coefficient (Wildman–Crippen LogP) is 4.11. The molecule has 5 heteroatoms. The lowest BCUT2D eigenvalue weighted by atomic mass is 10.0. The molecule has 2 aromatic rings. The van der Waals surface area contributed by atoms with Crippen LogP contribution >= 0.6 is 0 Å². The lowest BCUT2D eigenvalue weighted by Gasteiger charge is -2.36. The van der Waals surface area contributed by atoms with Crippen molar-refractivity contribution in [2.45, 2.75) is 25.8 Å². The summed E-state index contributed by atoms with van der Waals surface area (Å²) in [6, 6.07) is 18.9. The highest BCUT2D eigenvalue weighted by Crippen LogP contribution is 2.27. The fourth-order valence-corrected chi connectivity index (χ4v) is 3.24. The van der Waals surface area contributed by atoms with Crippen LogP contribution in [0, 0.1) is 0 Å². The van der Waals surface area contributed by atoms with Crippen molar-refractivity contribution in [2.75, 3.05) is 47.8 Å². The van der Waals surface area contributed by atoms with Gasteiger partial charge in [0.05, 0.1) is 20.6 Å². The van der Waals surface area contributed by atoms with E-state index in [0.717, 1.165) is 30.4 Å². The molecule has 0 aliphatic rings. The number of rotatable bonds is 10. The average molecular weight is 399 g/mol. The summed E-state index contributed by atoms with van der Waals surface area (Å²) in [7, 11) is 8.20. The Morgan fingerprint density at radius 1 is 1.10 bits per heavy atom. The second kappa shape index (κ2) is 11.0. The van der Waals surface area contributed by atoms with E-state index < -0.39 is 0 Å². The van der Waals surface area contributed by atoms with Gasteiger partial charge in [-0.25, -0.2) is 4.79 Å². The molecule has 0 saturated carbocycles. The highest BCUT2D eigenvalue weighted by atomic mass is 16.6. The quantitative estimate of drug-likeness (QED) is 0.484. The molecule has 1 unspecified atom stereocenters. The summed E-state index contributed by atoms with van der Waals surface area (Å²) in [6.07, 6.45) is 1.63. The van der Waals surface area contributed by atoms with Crippen molar-refractivity contribution in [3.05, 3.63) is 65.7 Å².